The molecule has 0 radical (unpaired) electrons. The van der Waals surface area contributed by atoms with E-state index in [4.69, 9.17) is 5.11 Å². The average molecular weight is 350 g/mol. The van der Waals surface area contributed by atoms with Gasteiger partial charge in [0, 0.05) is 16.1 Å². The number of hydrogen-bond acceptors (Lipinski definition) is 2. The highest BCUT2D eigenvalue weighted by Gasteiger charge is 2.23. The first kappa shape index (κ1) is 15.5. The summed E-state index contributed by atoms with van der Waals surface area (Å²) >= 11 is 3.40. The maximum atomic E-state index is 12.7. The Bertz CT molecular complexity index is 697. The molecule has 1 amide bonds. The number of nitrogens with zero attached hydrogens (tertiary/aromatic N) is 1. The van der Waals surface area contributed by atoms with Gasteiger partial charge in [-0.15, -0.1) is 0 Å². The molecule has 0 fully saturated rings. The first-order valence-corrected chi connectivity index (χ1v) is 7.40. The van der Waals surface area contributed by atoms with Crippen molar-refractivity contribution in [1.29, 1.82) is 0 Å². The van der Waals surface area contributed by atoms with Gasteiger partial charge in [-0.2, -0.15) is 0 Å². The lowest BCUT2D eigenvalue weighted by atomic mass is 10.0. The summed E-state index contributed by atoms with van der Waals surface area (Å²) in [4.78, 5) is 25.1. The van der Waals surface area contributed by atoms with Crippen molar-refractivity contribution < 1.29 is 14.7 Å². The number of carbonyl (C=O) groups excluding carboxylic acids is 1. The Morgan fingerprint density at radius 3 is 2.52 bits per heavy atom. The number of amides is 1. The number of halogens is 1. The monoisotopic (exact) mass is 349 g/mol. The van der Waals surface area contributed by atoms with E-state index in [-0.39, 0.29) is 18.5 Å². The minimum atomic E-state index is -1.02. The zero-order valence-corrected chi connectivity index (χ0v) is 13.4. The van der Waals surface area contributed by atoms with Gasteiger partial charge < -0.3 is 10.0 Å². The van der Waals surface area contributed by atoms with Gasteiger partial charge in [0.15, 0.2) is 0 Å². The number of rotatable bonds is 4. The molecule has 0 saturated heterocycles. The van der Waals surface area contributed by atoms with E-state index < -0.39 is 5.97 Å². The van der Waals surface area contributed by atoms with Crippen LogP contribution in [0, 0.1) is 0 Å². The second kappa shape index (κ2) is 6.26. The number of fused-ring (bicyclic) bond motifs is 1. The highest BCUT2D eigenvalue weighted by Crippen LogP contribution is 2.25. The predicted octanol–water partition coefficient (Wildman–Crippen LogP) is 3.54. The van der Waals surface area contributed by atoms with Gasteiger partial charge in [0.1, 0.15) is 6.54 Å². The molecule has 0 saturated carbocycles. The fourth-order valence-corrected chi connectivity index (χ4v) is 2.72. The topological polar surface area (TPSA) is 57.6 Å². The third-order valence-electron chi connectivity index (χ3n) is 3.25. The summed E-state index contributed by atoms with van der Waals surface area (Å²) in [5.74, 6) is -1.29. The molecule has 0 atom stereocenters. The van der Waals surface area contributed by atoms with Crippen molar-refractivity contribution in [1.82, 2.24) is 4.90 Å². The second-order valence-corrected chi connectivity index (χ2v) is 6.01. The molecule has 0 unspecified atom stereocenters. The van der Waals surface area contributed by atoms with E-state index in [0.29, 0.717) is 5.56 Å². The summed E-state index contributed by atoms with van der Waals surface area (Å²) in [6, 6.07) is 11.0. The quantitative estimate of drug-likeness (QED) is 0.918. The Hall–Kier alpha value is -1.88. The van der Waals surface area contributed by atoms with Crippen LogP contribution < -0.4 is 0 Å². The van der Waals surface area contributed by atoms with Crippen molar-refractivity contribution >= 4 is 38.6 Å². The number of aliphatic carboxylic acids is 1. The molecule has 2 aromatic rings. The molecule has 0 spiro atoms. The Balaban J connectivity index is 2.53. The fourth-order valence-electron chi connectivity index (χ4n) is 2.24. The second-order valence-electron chi connectivity index (χ2n) is 5.10. The molecule has 4 nitrogen and oxygen atoms in total. The molecule has 0 aromatic heterocycles. The number of carboxylic acids is 1. The van der Waals surface area contributed by atoms with Crippen LogP contribution in [0.1, 0.15) is 24.2 Å². The number of carboxylic acid groups (broad SMARTS) is 1. The largest absolute Gasteiger partial charge is 0.480 e. The van der Waals surface area contributed by atoms with Crippen molar-refractivity contribution in [3.63, 3.8) is 0 Å². The predicted molar refractivity (Wildman–Crippen MR) is 85.5 cm³/mol. The van der Waals surface area contributed by atoms with Gasteiger partial charge in [0.2, 0.25) is 0 Å². The standard InChI is InChI=1S/C16H16BrNO3/c1-10(2)18(9-15(19)20)16(21)14-8-12(17)7-11-5-3-4-6-13(11)14/h3-8,10H,9H2,1-2H3,(H,19,20). The van der Waals surface area contributed by atoms with Gasteiger partial charge in [0.05, 0.1) is 0 Å². The van der Waals surface area contributed by atoms with Crippen LogP contribution in [-0.2, 0) is 4.79 Å². The minimum Gasteiger partial charge on any atom is -0.480 e. The summed E-state index contributed by atoms with van der Waals surface area (Å²) < 4.78 is 0.795. The molecule has 1 N–H and O–H groups in total. The summed E-state index contributed by atoms with van der Waals surface area (Å²) in [7, 11) is 0. The van der Waals surface area contributed by atoms with Crippen molar-refractivity contribution in [3.05, 3.63) is 46.4 Å². The normalized spacial score (nSPS) is 10.9. The minimum absolute atomic E-state index is 0.189. The molecular formula is C16H16BrNO3. The van der Waals surface area contributed by atoms with Crippen LogP contribution in [0.25, 0.3) is 10.8 Å². The van der Waals surface area contributed by atoms with Crippen LogP contribution in [0.2, 0.25) is 0 Å². The summed E-state index contributed by atoms with van der Waals surface area (Å²) in [6.07, 6.45) is 0. The van der Waals surface area contributed by atoms with Gasteiger partial charge in [-0.3, -0.25) is 9.59 Å². The Morgan fingerprint density at radius 2 is 1.90 bits per heavy atom. The zero-order chi connectivity index (χ0) is 15.6. The highest BCUT2D eigenvalue weighted by molar-refractivity contribution is 9.10. The van der Waals surface area contributed by atoms with Gasteiger partial charge in [0.25, 0.3) is 5.91 Å². The van der Waals surface area contributed by atoms with E-state index >= 15 is 0 Å². The molecule has 110 valence electrons. The van der Waals surface area contributed by atoms with Crippen molar-refractivity contribution in [2.24, 2.45) is 0 Å². The van der Waals surface area contributed by atoms with E-state index in [2.05, 4.69) is 15.9 Å². The molecule has 5 heteroatoms. The Labute approximate surface area is 131 Å². The lowest BCUT2D eigenvalue weighted by Gasteiger charge is -2.25. The molecule has 0 bridgehead atoms. The van der Waals surface area contributed by atoms with Gasteiger partial charge in [-0.05, 0) is 36.8 Å². The van der Waals surface area contributed by atoms with Gasteiger partial charge >= 0.3 is 5.97 Å². The van der Waals surface area contributed by atoms with E-state index in [0.717, 1.165) is 15.2 Å². The third kappa shape index (κ3) is 3.42. The molecule has 0 aliphatic rings. The molecule has 0 aliphatic heterocycles. The first-order chi connectivity index (χ1) is 9.90. The number of carbonyl (C=O) groups is 2. The van der Waals surface area contributed by atoms with Crippen molar-refractivity contribution in [2.75, 3.05) is 6.54 Å². The molecule has 21 heavy (non-hydrogen) atoms. The maximum absolute atomic E-state index is 12.7. The summed E-state index contributed by atoms with van der Waals surface area (Å²) in [5.41, 5.74) is 0.509. The molecule has 0 heterocycles. The Kier molecular flexibility index (Phi) is 4.63. The van der Waals surface area contributed by atoms with E-state index in [1.165, 1.54) is 4.90 Å². The lowest BCUT2D eigenvalue weighted by Crippen LogP contribution is -2.40. The van der Waals surface area contributed by atoms with E-state index in [9.17, 15) is 9.59 Å². The molecule has 2 aromatic carbocycles. The first-order valence-electron chi connectivity index (χ1n) is 6.61. The zero-order valence-electron chi connectivity index (χ0n) is 11.8. The van der Waals surface area contributed by atoms with Crippen molar-refractivity contribution in [3.8, 4) is 0 Å². The van der Waals surface area contributed by atoms with E-state index in [1.54, 1.807) is 19.9 Å². The number of benzene rings is 2. The smallest absolute Gasteiger partial charge is 0.323 e. The van der Waals surface area contributed by atoms with Crippen LogP contribution in [0.4, 0.5) is 0 Å². The van der Waals surface area contributed by atoms with Crippen LogP contribution in [0.3, 0.4) is 0 Å². The number of hydrogen-bond donors (Lipinski definition) is 1. The van der Waals surface area contributed by atoms with Crippen molar-refractivity contribution in [2.45, 2.75) is 19.9 Å². The SMILES string of the molecule is CC(C)N(CC(=O)O)C(=O)c1cc(Br)cc2ccccc12. The Morgan fingerprint density at radius 1 is 1.24 bits per heavy atom. The van der Waals surface area contributed by atoms with Gasteiger partial charge in [-0.1, -0.05) is 40.2 Å². The van der Waals surface area contributed by atoms with Crippen LogP contribution in [0.15, 0.2) is 40.9 Å². The summed E-state index contributed by atoms with van der Waals surface area (Å²) in [6.45, 7) is 3.30. The highest BCUT2D eigenvalue weighted by atomic mass is 79.9. The van der Waals surface area contributed by atoms with Crippen LogP contribution >= 0.6 is 15.9 Å². The molecule has 0 aliphatic carbocycles. The fraction of sp³-hybridized carbons (Fsp3) is 0.250. The summed E-state index contributed by atoms with van der Waals surface area (Å²) in [5, 5.41) is 10.8. The molecule has 2 rings (SSSR count). The van der Waals surface area contributed by atoms with E-state index in [1.807, 2.05) is 30.3 Å². The molecular weight excluding hydrogens is 334 g/mol. The van der Waals surface area contributed by atoms with Crippen LogP contribution in [0.5, 0.6) is 0 Å². The maximum Gasteiger partial charge on any atom is 0.323 e. The third-order valence-corrected chi connectivity index (χ3v) is 3.70. The van der Waals surface area contributed by atoms with Crippen LogP contribution in [-0.4, -0.2) is 34.5 Å². The van der Waals surface area contributed by atoms with Gasteiger partial charge in [-0.25, -0.2) is 0 Å². The lowest BCUT2D eigenvalue weighted by molar-refractivity contribution is -0.138. The average Bonchev–Trinajstić information content (AvgIpc) is 2.42.